The van der Waals surface area contributed by atoms with Gasteiger partial charge in [0.1, 0.15) is 11.4 Å². The fourth-order valence-electron chi connectivity index (χ4n) is 3.78. The van der Waals surface area contributed by atoms with Crippen LogP contribution in [0.2, 0.25) is 0 Å². The molecule has 3 aliphatic rings. The van der Waals surface area contributed by atoms with E-state index >= 15 is 0 Å². The van der Waals surface area contributed by atoms with Crippen LogP contribution in [0.1, 0.15) is 28.9 Å². The second-order valence-corrected chi connectivity index (χ2v) is 7.00. The second-order valence-electron chi connectivity index (χ2n) is 7.00. The van der Waals surface area contributed by atoms with Gasteiger partial charge in [-0.05, 0) is 56.5 Å². The van der Waals surface area contributed by atoms with Crippen molar-refractivity contribution in [1.82, 2.24) is 20.0 Å². The van der Waals surface area contributed by atoms with Crippen LogP contribution in [0.4, 0.5) is 0 Å². The van der Waals surface area contributed by atoms with Gasteiger partial charge in [-0.25, -0.2) is 4.68 Å². The third-order valence-corrected chi connectivity index (χ3v) is 5.29. The topological polar surface area (TPSA) is 59.4 Å². The molecule has 1 N–H and O–H groups in total. The summed E-state index contributed by atoms with van der Waals surface area (Å²) < 4.78 is 7.42. The van der Waals surface area contributed by atoms with Gasteiger partial charge in [-0.3, -0.25) is 4.79 Å². The van der Waals surface area contributed by atoms with Gasteiger partial charge in [-0.1, -0.05) is 18.2 Å². The lowest BCUT2D eigenvalue weighted by atomic mass is 9.84. The van der Waals surface area contributed by atoms with Crippen molar-refractivity contribution in [2.75, 3.05) is 19.6 Å². The Morgan fingerprint density at radius 1 is 1.28 bits per heavy atom. The number of benzene rings is 1. The molecule has 1 unspecified atom stereocenters. The molecule has 2 aromatic rings. The standard InChI is InChI=1S/C19H24N4O2/c1-14-4-2-3-5-18(14)25-13-23-11-8-16(21-23)19(24)20-17-12-22-9-6-15(17)7-10-22/h2-5,8,11,15,17H,6-7,9-10,12-13H2,1H3,(H,20,24). The lowest BCUT2D eigenvalue weighted by Crippen LogP contribution is -2.57. The van der Waals surface area contributed by atoms with E-state index in [1.54, 1.807) is 16.9 Å². The minimum atomic E-state index is -0.0895. The Bertz CT molecular complexity index is 749. The summed E-state index contributed by atoms with van der Waals surface area (Å²) in [6.07, 6.45) is 4.15. The summed E-state index contributed by atoms with van der Waals surface area (Å²) in [4.78, 5) is 14.9. The molecule has 0 saturated carbocycles. The summed E-state index contributed by atoms with van der Waals surface area (Å²) in [5.74, 6) is 1.35. The van der Waals surface area contributed by atoms with Crippen LogP contribution < -0.4 is 10.1 Å². The SMILES string of the molecule is Cc1ccccc1OCn1ccc(C(=O)NC2CN3CCC2CC3)n1. The van der Waals surface area contributed by atoms with E-state index in [4.69, 9.17) is 4.74 Å². The maximum Gasteiger partial charge on any atom is 0.272 e. The highest BCUT2D eigenvalue weighted by atomic mass is 16.5. The Hall–Kier alpha value is -2.34. The summed E-state index contributed by atoms with van der Waals surface area (Å²) >= 11 is 0. The zero-order valence-corrected chi connectivity index (χ0v) is 14.5. The third kappa shape index (κ3) is 3.54. The molecule has 3 saturated heterocycles. The fourth-order valence-corrected chi connectivity index (χ4v) is 3.78. The number of nitrogens with one attached hydrogen (secondary N) is 1. The summed E-state index contributed by atoms with van der Waals surface area (Å²) in [5, 5.41) is 7.51. The minimum absolute atomic E-state index is 0.0895. The van der Waals surface area contributed by atoms with Gasteiger partial charge in [0.2, 0.25) is 0 Å². The summed E-state index contributed by atoms with van der Waals surface area (Å²) in [5.41, 5.74) is 1.53. The Balaban J connectivity index is 1.34. The Kier molecular flexibility index (Phi) is 4.44. The number of piperidine rings is 3. The first-order valence-electron chi connectivity index (χ1n) is 8.94. The molecule has 0 spiro atoms. The molecule has 0 radical (unpaired) electrons. The van der Waals surface area contributed by atoms with Gasteiger partial charge in [0.05, 0.1) is 0 Å². The zero-order chi connectivity index (χ0) is 17.2. The van der Waals surface area contributed by atoms with Gasteiger partial charge in [-0.15, -0.1) is 0 Å². The molecule has 1 aromatic heterocycles. The van der Waals surface area contributed by atoms with E-state index in [0.29, 0.717) is 11.6 Å². The first-order valence-corrected chi connectivity index (χ1v) is 8.94. The summed E-state index contributed by atoms with van der Waals surface area (Å²) in [7, 11) is 0. The molecular formula is C19H24N4O2. The predicted octanol–water partition coefficient (Wildman–Crippen LogP) is 2.05. The molecule has 132 valence electrons. The van der Waals surface area contributed by atoms with Crippen molar-refractivity contribution in [3.8, 4) is 5.75 Å². The number of carbonyl (C=O) groups is 1. The normalized spacial score (nSPS) is 24.9. The molecule has 3 aliphatic heterocycles. The predicted molar refractivity (Wildman–Crippen MR) is 94.5 cm³/mol. The lowest BCUT2D eigenvalue weighted by Gasteiger charge is -2.44. The van der Waals surface area contributed by atoms with E-state index in [-0.39, 0.29) is 18.7 Å². The van der Waals surface area contributed by atoms with E-state index in [0.717, 1.165) is 17.9 Å². The highest BCUT2D eigenvalue weighted by Gasteiger charge is 2.35. The van der Waals surface area contributed by atoms with Gasteiger partial charge in [0.25, 0.3) is 5.91 Å². The van der Waals surface area contributed by atoms with E-state index < -0.39 is 0 Å². The Morgan fingerprint density at radius 3 is 2.80 bits per heavy atom. The number of aryl methyl sites for hydroxylation is 1. The molecule has 5 rings (SSSR count). The van der Waals surface area contributed by atoms with Crippen molar-refractivity contribution in [2.45, 2.75) is 32.5 Å². The molecule has 4 heterocycles. The number of ether oxygens (including phenoxy) is 1. The molecule has 1 aromatic carbocycles. The van der Waals surface area contributed by atoms with Crippen molar-refractivity contribution < 1.29 is 9.53 Å². The van der Waals surface area contributed by atoms with Gasteiger partial charge in [0, 0.05) is 18.8 Å². The molecule has 6 heteroatoms. The lowest BCUT2D eigenvalue weighted by molar-refractivity contribution is 0.0617. The van der Waals surface area contributed by atoms with Crippen LogP contribution in [0.15, 0.2) is 36.5 Å². The molecule has 25 heavy (non-hydrogen) atoms. The van der Waals surface area contributed by atoms with Gasteiger partial charge < -0.3 is 15.0 Å². The van der Waals surface area contributed by atoms with Crippen molar-refractivity contribution in [3.05, 3.63) is 47.8 Å². The number of hydrogen-bond acceptors (Lipinski definition) is 4. The maximum atomic E-state index is 12.5. The number of rotatable bonds is 5. The van der Waals surface area contributed by atoms with Gasteiger partial charge in [0.15, 0.2) is 6.73 Å². The molecule has 6 nitrogen and oxygen atoms in total. The number of carbonyl (C=O) groups excluding carboxylic acids is 1. The number of hydrogen-bond donors (Lipinski definition) is 1. The van der Waals surface area contributed by atoms with Crippen LogP contribution in [-0.2, 0) is 6.73 Å². The highest BCUT2D eigenvalue weighted by molar-refractivity contribution is 5.92. The number of amides is 1. The molecular weight excluding hydrogens is 316 g/mol. The van der Waals surface area contributed by atoms with Crippen LogP contribution in [0, 0.1) is 12.8 Å². The average molecular weight is 340 g/mol. The molecule has 3 fully saturated rings. The van der Waals surface area contributed by atoms with Crippen molar-refractivity contribution in [3.63, 3.8) is 0 Å². The average Bonchev–Trinajstić information content (AvgIpc) is 3.11. The monoisotopic (exact) mass is 340 g/mol. The van der Waals surface area contributed by atoms with Crippen LogP contribution in [-0.4, -0.2) is 46.3 Å². The van der Waals surface area contributed by atoms with E-state index in [1.807, 2.05) is 31.2 Å². The second kappa shape index (κ2) is 6.88. The first kappa shape index (κ1) is 16.1. The minimum Gasteiger partial charge on any atom is -0.471 e. The number of nitrogens with zero attached hydrogens (tertiary/aromatic N) is 3. The van der Waals surface area contributed by atoms with Crippen LogP contribution in [0.25, 0.3) is 0 Å². The van der Waals surface area contributed by atoms with Crippen molar-refractivity contribution in [2.24, 2.45) is 5.92 Å². The molecule has 1 atom stereocenters. The van der Waals surface area contributed by atoms with Crippen molar-refractivity contribution >= 4 is 5.91 Å². The van der Waals surface area contributed by atoms with Gasteiger partial charge >= 0.3 is 0 Å². The van der Waals surface area contributed by atoms with E-state index in [1.165, 1.54) is 25.9 Å². The van der Waals surface area contributed by atoms with E-state index in [9.17, 15) is 4.79 Å². The molecule has 0 aliphatic carbocycles. The molecule has 2 bridgehead atoms. The number of fused-ring (bicyclic) bond motifs is 3. The summed E-state index contributed by atoms with van der Waals surface area (Å²) in [6, 6.07) is 9.86. The van der Waals surface area contributed by atoms with E-state index in [2.05, 4.69) is 15.3 Å². The number of para-hydroxylation sites is 1. The third-order valence-electron chi connectivity index (χ3n) is 5.29. The summed E-state index contributed by atoms with van der Waals surface area (Å²) in [6.45, 7) is 5.60. The Morgan fingerprint density at radius 2 is 2.08 bits per heavy atom. The first-order chi connectivity index (χ1) is 12.2. The van der Waals surface area contributed by atoms with Crippen LogP contribution in [0.5, 0.6) is 5.75 Å². The highest BCUT2D eigenvalue weighted by Crippen LogP contribution is 2.27. The largest absolute Gasteiger partial charge is 0.471 e. The van der Waals surface area contributed by atoms with Crippen LogP contribution >= 0.6 is 0 Å². The van der Waals surface area contributed by atoms with Gasteiger partial charge in [-0.2, -0.15) is 5.10 Å². The van der Waals surface area contributed by atoms with Crippen LogP contribution in [0.3, 0.4) is 0 Å². The quantitative estimate of drug-likeness (QED) is 0.905. The zero-order valence-electron chi connectivity index (χ0n) is 14.5. The maximum absolute atomic E-state index is 12.5. The smallest absolute Gasteiger partial charge is 0.272 e. The Labute approximate surface area is 147 Å². The fraction of sp³-hybridized carbons (Fsp3) is 0.474. The number of aromatic nitrogens is 2. The molecule has 1 amide bonds. The van der Waals surface area contributed by atoms with Crippen molar-refractivity contribution in [1.29, 1.82) is 0 Å².